The summed E-state index contributed by atoms with van der Waals surface area (Å²) >= 11 is 6.26. The van der Waals surface area contributed by atoms with Gasteiger partial charge < -0.3 is 9.47 Å². The van der Waals surface area contributed by atoms with Gasteiger partial charge >= 0.3 is 11.9 Å². The van der Waals surface area contributed by atoms with Gasteiger partial charge in [0, 0.05) is 10.7 Å². The van der Waals surface area contributed by atoms with Crippen LogP contribution in [-0.2, 0) is 19.1 Å². The van der Waals surface area contributed by atoms with Crippen molar-refractivity contribution in [1.82, 2.24) is 0 Å². The molecule has 0 amide bonds. The molecule has 15 heavy (non-hydrogen) atoms. The van der Waals surface area contributed by atoms with Gasteiger partial charge in [-0.2, -0.15) is 0 Å². The minimum absolute atomic E-state index is 0.111. The summed E-state index contributed by atoms with van der Waals surface area (Å²) in [5.41, 5.74) is 0. The van der Waals surface area contributed by atoms with Crippen LogP contribution >= 0.6 is 31.9 Å². The molecule has 88 valence electrons. The molecule has 0 N–H and O–H groups in total. The number of hydrogen-bond donors (Lipinski definition) is 0. The lowest BCUT2D eigenvalue weighted by atomic mass is 10.4. The molecule has 0 radical (unpaired) electrons. The predicted octanol–water partition coefficient (Wildman–Crippen LogP) is 2.03. The van der Waals surface area contributed by atoms with Crippen molar-refractivity contribution in [3.05, 3.63) is 0 Å². The Morgan fingerprint density at radius 2 is 1.67 bits per heavy atom. The second-order valence-electron chi connectivity index (χ2n) is 2.86. The van der Waals surface area contributed by atoms with Crippen molar-refractivity contribution in [2.75, 3.05) is 17.3 Å². The molecule has 0 bridgehead atoms. The van der Waals surface area contributed by atoms with Crippen LogP contribution < -0.4 is 0 Å². The van der Waals surface area contributed by atoms with E-state index in [1.54, 1.807) is 6.92 Å². The lowest BCUT2D eigenvalue weighted by molar-refractivity contribution is -0.157. The molecule has 0 spiro atoms. The fourth-order valence-electron chi connectivity index (χ4n) is 0.754. The Kier molecular flexibility index (Phi) is 9.09. The van der Waals surface area contributed by atoms with Crippen molar-refractivity contribution >= 4 is 43.8 Å². The van der Waals surface area contributed by atoms with Gasteiger partial charge in [-0.25, -0.2) is 0 Å². The zero-order chi connectivity index (χ0) is 11.7. The zero-order valence-electron chi connectivity index (χ0n) is 8.50. The smallest absolute Gasteiger partial charge is 0.307 e. The first-order valence-corrected chi connectivity index (χ1v) is 6.81. The van der Waals surface area contributed by atoms with Crippen LogP contribution in [0.5, 0.6) is 0 Å². The van der Waals surface area contributed by atoms with Crippen molar-refractivity contribution < 1.29 is 19.1 Å². The lowest BCUT2D eigenvalue weighted by Crippen LogP contribution is -2.22. The average Bonchev–Trinajstić information content (AvgIpc) is 2.15. The summed E-state index contributed by atoms with van der Waals surface area (Å²) in [6, 6.07) is 0. The Hall–Kier alpha value is -0.100. The fourth-order valence-corrected chi connectivity index (χ4v) is 1.40. The van der Waals surface area contributed by atoms with Gasteiger partial charge in [0.05, 0.1) is 12.8 Å². The second-order valence-corrected chi connectivity index (χ2v) is 4.45. The summed E-state index contributed by atoms with van der Waals surface area (Å²) in [5, 5.41) is 1.14. The van der Waals surface area contributed by atoms with Crippen molar-refractivity contribution in [2.45, 2.75) is 25.9 Å². The summed E-state index contributed by atoms with van der Waals surface area (Å²) in [7, 11) is 0. The van der Waals surface area contributed by atoms with E-state index < -0.39 is 6.10 Å². The van der Waals surface area contributed by atoms with E-state index in [9.17, 15) is 9.59 Å². The van der Waals surface area contributed by atoms with Crippen LogP contribution in [0, 0.1) is 0 Å². The molecule has 0 aliphatic rings. The molecule has 0 fully saturated rings. The summed E-state index contributed by atoms with van der Waals surface area (Å²) in [6.45, 7) is 1.80. The molecule has 0 heterocycles. The summed E-state index contributed by atoms with van der Waals surface area (Å²) < 4.78 is 9.83. The highest BCUT2D eigenvalue weighted by molar-refractivity contribution is 9.09. The molecule has 1 unspecified atom stereocenters. The Labute approximate surface area is 106 Å². The quantitative estimate of drug-likeness (QED) is 0.523. The van der Waals surface area contributed by atoms with Crippen LogP contribution in [0.1, 0.15) is 19.8 Å². The standard InChI is InChI=1S/C9H14Br2O4/c1-7(15-9(13)3-5-11)6-14-8(12)2-4-10/h7H,2-6H2,1H3. The van der Waals surface area contributed by atoms with Gasteiger partial charge in [0.2, 0.25) is 0 Å². The van der Waals surface area contributed by atoms with Crippen molar-refractivity contribution in [2.24, 2.45) is 0 Å². The van der Waals surface area contributed by atoms with Crippen LogP contribution in [0.25, 0.3) is 0 Å². The summed E-state index contributed by atoms with van der Waals surface area (Å²) in [5.74, 6) is -0.591. The maximum Gasteiger partial charge on any atom is 0.307 e. The molecule has 0 rings (SSSR count). The minimum atomic E-state index is -0.393. The molecule has 4 nitrogen and oxygen atoms in total. The van der Waals surface area contributed by atoms with E-state index in [4.69, 9.17) is 9.47 Å². The van der Waals surface area contributed by atoms with Gasteiger partial charge in [-0.1, -0.05) is 31.9 Å². The third-order valence-electron chi connectivity index (χ3n) is 1.41. The maximum absolute atomic E-state index is 11.0. The summed E-state index contributed by atoms with van der Waals surface area (Å²) in [6.07, 6.45) is 0.248. The van der Waals surface area contributed by atoms with E-state index in [-0.39, 0.29) is 18.5 Å². The molecule has 0 aromatic rings. The van der Waals surface area contributed by atoms with E-state index in [1.807, 2.05) is 0 Å². The lowest BCUT2D eigenvalue weighted by Gasteiger charge is -2.12. The minimum Gasteiger partial charge on any atom is -0.462 e. The van der Waals surface area contributed by atoms with Crippen molar-refractivity contribution in [3.8, 4) is 0 Å². The van der Waals surface area contributed by atoms with E-state index in [1.165, 1.54) is 0 Å². The molecule has 0 aliphatic carbocycles. The number of rotatable bonds is 7. The van der Waals surface area contributed by atoms with Gasteiger partial charge in [-0.05, 0) is 6.92 Å². The van der Waals surface area contributed by atoms with Gasteiger partial charge in [-0.15, -0.1) is 0 Å². The van der Waals surface area contributed by atoms with E-state index in [0.717, 1.165) is 0 Å². The van der Waals surface area contributed by atoms with Gasteiger partial charge in [0.1, 0.15) is 12.7 Å². The molecule has 0 aromatic heterocycles. The first kappa shape index (κ1) is 14.9. The molecule has 0 saturated heterocycles. The topological polar surface area (TPSA) is 52.6 Å². The van der Waals surface area contributed by atoms with Gasteiger partial charge in [0.15, 0.2) is 0 Å². The number of esters is 2. The third-order valence-corrected chi connectivity index (χ3v) is 2.20. The monoisotopic (exact) mass is 344 g/mol. The first-order valence-electron chi connectivity index (χ1n) is 4.57. The van der Waals surface area contributed by atoms with Gasteiger partial charge in [-0.3, -0.25) is 9.59 Å². The fraction of sp³-hybridized carbons (Fsp3) is 0.778. The van der Waals surface area contributed by atoms with Crippen LogP contribution in [0.3, 0.4) is 0 Å². The van der Waals surface area contributed by atoms with E-state index in [2.05, 4.69) is 31.9 Å². The highest BCUT2D eigenvalue weighted by Gasteiger charge is 2.11. The number of halogens is 2. The Bertz CT molecular complexity index is 208. The maximum atomic E-state index is 11.0. The molecule has 0 aromatic carbocycles. The number of ether oxygens (including phenoxy) is 2. The highest BCUT2D eigenvalue weighted by Crippen LogP contribution is 1.99. The van der Waals surface area contributed by atoms with Crippen molar-refractivity contribution in [1.29, 1.82) is 0 Å². The first-order chi connectivity index (χ1) is 7.10. The van der Waals surface area contributed by atoms with E-state index >= 15 is 0 Å². The largest absolute Gasteiger partial charge is 0.462 e. The average molecular weight is 346 g/mol. The van der Waals surface area contributed by atoms with Crippen LogP contribution in [-0.4, -0.2) is 35.3 Å². The molecule has 0 saturated carbocycles. The van der Waals surface area contributed by atoms with Crippen LogP contribution in [0.15, 0.2) is 0 Å². The SMILES string of the molecule is CC(COC(=O)CCBr)OC(=O)CCBr. The molecular formula is C9H14Br2O4. The molecule has 6 heteroatoms. The number of carbonyl (C=O) groups is 2. The normalized spacial score (nSPS) is 11.9. The number of hydrogen-bond acceptors (Lipinski definition) is 4. The Morgan fingerprint density at radius 3 is 2.20 bits per heavy atom. The van der Waals surface area contributed by atoms with Crippen molar-refractivity contribution in [3.63, 3.8) is 0 Å². The summed E-state index contributed by atoms with van der Waals surface area (Å²) in [4.78, 5) is 22.0. The second kappa shape index (κ2) is 9.15. The van der Waals surface area contributed by atoms with Crippen LogP contribution in [0.4, 0.5) is 0 Å². The van der Waals surface area contributed by atoms with Gasteiger partial charge in [0.25, 0.3) is 0 Å². The molecule has 0 aliphatic heterocycles. The molecular weight excluding hydrogens is 332 g/mol. The molecule has 1 atom stereocenters. The Morgan fingerprint density at radius 1 is 1.13 bits per heavy atom. The zero-order valence-corrected chi connectivity index (χ0v) is 11.7. The van der Waals surface area contributed by atoms with Crippen LogP contribution in [0.2, 0.25) is 0 Å². The Balaban J connectivity index is 3.60. The van der Waals surface area contributed by atoms with E-state index in [0.29, 0.717) is 23.5 Å². The highest BCUT2D eigenvalue weighted by atomic mass is 79.9. The number of alkyl halides is 2. The third kappa shape index (κ3) is 8.87. The number of carbonyl (C=O) groups excluding carboxylic acids is 2. The predicted molar refractivity (Wildman–Crippen MR) is 63.3 cm³/mol.